The number of methoxy groups -OCH3 is 1. The molecule has 0 aliphatic heterocycles. The number of anilines is 1. The van der Waals surface area contributed by atoms with Crippen LogP contribution in [0.15, 0.2) is 36.4 Å². The summed E-state index contributed by atoms with van der Waals surface area (Å²) in [5, 5.41) is 3.57. The minimum absolute atomic E-state index is 0.770. The Labute approximate surface area is 130 Å². The van der Waals surface area contributed by atoms with Crippen molar-refractivity contribution >= 4 is 17.0 Å². The van der Waals surface area contributed by atoms with Gasteiger partial charge >= 0.3 is 0 Å². The maximum absolute atomic E-state index is 5.43. The van der Waals surface area contributed by atoms with Crippen LogP contribution in [0.3, 0.4) is 0 Å². The van der Waals surface area contributed by atoms with E-state index in [1.54, 1.807) is 7.11 Å². The molecule has 2 aromatic rings. The molecule has 1 heterocycles. The van der Waals surface area contributed by atoms with Gasteiger partial charge in [0, 0.05) is 29.4 Å². The summed E-state index contributed by atoms with van der Waals surface area (Å²) < 4.78 is 5.43. The number of nitrogens with zero attached hydrogens (tertiary/aromatic N) is 1. The van der Waals surface area contributed by atoms with Crippen LogP contribution in [0, 0.1) is 0 Å². The molecule has 0 amide bonds. The fourth-order valence-corrected chi connectivity index (χ4v) is 3.42. The first-order chi connectivity index (χ1) is 10.3. The number of benzene rings is 1. The summed E-state index contributed by atoms with van der Waals surface area (Å²) in [6.45, 7) is 1.92. The lowest BCUT2D eigenvalue weighted by molar-refractivity contribution is 0.415. The second kappa shape index (κ2) is 6.50. The summed E-state index contributed by atoms with van der Waals surface area (Å²) in [5.74, 6) is 0.923. The van der Waals surface area contributed by atoms with E-state index in [1.807, 2.05) is 29.5 Å². The third-order valence-corrected chi connectivity index (χ3v) is 4.82. The Morgan fingerprint density at radius 3 is 2.71 bits per heavy atom. The third kappa shape index (κ3) is 3.77. The van der Waals surface area contributed by atoms with E-state index in [4.69, 9.17) is 4.74 Å². The Hall–Kier alpha value is -1.52. The highest BCUT2D eigenvalue weighted by Crippen LogP contribution is 2.29. The summed E-state index contributed by atoms with van der Waals surface area (Å²) in [5.41, 5.74) is 1.13. The average Bonchev–Trinajstić information content (AvgIpc) is 3.24. The normalized spacial score (nSPS) is 14.2. The van der Waals surface area contributed by atoms with Crippen LogP contribution < -0.4 is 15.0 Å². The summed E-state index contributed by atoms with van der Waals surface area (Å²) in [6, 6.07) is 13.4. The second-order valence-corrected chi connectivity index (χ2v) is 6.80. The topological polar surface area (TPSA) is 24.5 Å². The molecule has 3 nitrogen and oxygen atoms in total. The minimum Gasteiger partial charge on any atom is -0.495 e. The summed E-state index contributed by atoms with van der Waals surface area (Å²) >= 11 is 1.89. The first-order valence-electron chi connectivity index (χ1n) is 7.41. The number of ether oxygens (including phenoxy) is 1. The Bertz CT molecular complexity index is 592. The molecular weight excluding hydrogens is 280 g/mol. The molecule has 0 radical (unpaired) electrons. The van der Waals surface area contributed by atoms with E-state index < -0.39 is 0 Å². The molecular formula is C17H22N2OS. The van der Waals surface area contributed by atoms with Gasteiger partial charge in [-0.05, 0) is 37.1 Å². The molecule has 1 aromatic carbocycles. The maximum atomic E-state index is 5.43. The van der Waals surface area contributed by atoms with Crippen LogP contribution in [0.4, 0.5) is 5.69 Å². The SMILES string of the molecule is COc1ccccc1N(C)Cc1ccc(CNC2CC2)s1. The molecule has 1 aliphatic rings. The summed E-state index contributed by atoms with van der Waals surface area (Å²) in [7, 11) is 3.83. The number of hydrogen-bond donors (Lipinski definition) is 1. The van der Waals surface area contributed by atoms with Gasteiger partial charge in [-0.15, -0.1) is 11.3 Å². The van der Waals surface area contributed by atoms with Crippen molar-refractivity contribution in [2.75, 3.05) is 19.1 Å². The molecule has 0 atom stereocenters. The minimum atomic E-state index is 0.770. The number of hydrogen-bond acceptors (Lipinski definition) is 4. The third-order valence-electron chi connectivity index (χ3n) is 3.75. The van der Waals surface area contributed by atoms with Gasteiger partial charge in [-0.25, -0.2) is 0 Å². The van der Waals surface area contributed by atoms with Gasteiger partial charge in [0.2, 0.25) is 0 Å². The standard InChI is InChI=1S/C17H22N2OS/c1-19(16-5-3-4-6-17(16)20-2)12-15-10-9-14(21-15)11-18-13-7-8-13/h3-6,9-10,13,18H,7-8,11-12H2,1-2H3. The Balaban J connectivity index is 1.62. The van der Waals surface area contributed by atoms with Crippen molar-refractivity contribution in [3.63, 3.8) is 0 Å². The van der Waals surface area contributed by atoms with Gasteiger partial charge in [0.25, 0.3) is 0 Å². The van der Waals surface area contributed by atoms with Crippen molar-refractivity contribution < 1.29 is 4.74 Å². The van der Waals surface area contributed by atoms with Gasteiger partial charge in [-0.2, -0.15) is 0 Å². The summed E-state index contributed by atoms with van der Waals surface area (Å²) in [6.07, 6.45) is 2.68. The van der Waals surface area contributed by atoms with Gasteiger partial charge in [-0.3, -0.25) is 0 Å². The Morgan fingerprint density at radius 1 is 1.19 bits per heavy atom. The Morgan fingerprint density at radius 2 is 1.95 bits per heavy atom. The molecule has 0 unspecified atom stereocenters. The number of thiophene rings is 1. The number of rotatable bonds is 7. The van der Waals surface area contributed by atoms with Crippen molar-refractivity contribution in [3.05, 3.63) is 46.2 Å². The van der Waals surface area contributed by atoms with E-state index in [9.17, 15) is 0 Å². The maximum Gasteiger partial charge on any atom is 0.142 e. The van der Waals surface area contributed by atoms with Crippen molar-refractivity contribution in [3.8, 4) is 5.75 Å². The molecule has 1 N–H and O–H groups in total. The molecule has 21 heavy (non-hydrogen) atoms. The molecule has 4 heteroatoms. The quantitative estimate of drug-likeness (QED) is 0.845. The fraction of sp³-hybridized carbons (Fsp3) is 0.412. The number of para-hydroxylation sites is 2. The molecule has 1 saturated carbocycles. The van der Waals surface area contributed by atoms with E-state index in [2.05, 4.69) is 35.5 Å². The van der Waals surface area contributed by atoms with Crippen LogP contribution in [0.1, 0.15) is 22.6 Å². The molecule has 1 fully saturated rings. The van der Waals surface area contributed by atoms with Crippen molar-refractivity contribution in [2.24, 2.45) is 0 Å². The second-order valence-electron chi connectivity index (χ2n) is 5.55. The summed E-state index contributed by atoms with van der Waals surface area (Å²) in [4.78, 5) is 5.05. The zero-order valence-corrected chi connectivity index (χ0v) is 13.5. The molecule has 3 rings (SSSR count). The van der Waals surface area contributed by atoms with Gasteiger partial charge < -0.3 is 15.0 Å². The van der Waals surface area contributed by atoms with Gasteiger partial charge in [0.15, 0.2) is 0 Å². The zero-order chi connectivity index (χ0) is 14.7. The molecule has 1 aliphatic carbocycles. The van der Waals surface area contributed by atoms with Crippen LogP contribution in [0.5, 0.6) is 5.75 Å². The van der Waals surface area contributed by atoms with Crippen LogP contribution in [0.2, 0.25) is 0 Å². The molecule has 112 valence electrons. The van der Waals surface area contributed by atoms with Gasteiger partial charge in [0.05, 0.1) is 19.3 Å². The predicted molar refractivity (Wildman–Crippen MR) is 89.3 cm³/mol. The van der Waals surface area contributed by atoms with Crippen molar-refractivity contribution in [2.45, 2.75) is 32.0 Å². The van der Waals surface area contributed by atoms with Gasteiger partial charge in [0.1, 0.15) is 5.75 Å². The monoisotopic (exact) mass is 302 g/mol. The lowest BCUT2D eigenvalue weighted by Crippen LogP contribution is -2.16. The van der Waals surface area contributed by atoms with Crippen LogP contribution in [-0.4, -0.2) is 20.2 Å². The fourth-order valence-electron chi connectivity index (χ4n) is 2.40. The molecule has 0 spiro atoms. The molecule has 0 saturated heterocycles. The number of nitrogens with one attached hydrogen (secondary N) is 1. The smallest absolute Gasteiger partial charge is 0.142 e. The Kier molecular flexibility index (Phi) is 4.46. The first-order valence-corrected chi connectivity index (χ1v) is 8.23. The highest BCUT2D eigenvalue weighted by Gasteiger charge is 2.20. The van der Waals surface area contributed by atoms with Crippen molar-refractivity contribution in [1.29, 1.82) is 0 Å². The lowest BCUT2D eigenvalue weighted by atomic mass is 10.2. The average molecular weight is 302 g/mol. The van der Waals surface area contributed by atoms with E-state index in [0.29, 0.717) is 0 Å². The van der Waals surface area contributed by atoms with Crippen LogP contribution in [-0.2, 0) is 13.1 Å². The van der Waals surface area contributed by atoms with Gasteiger partial charge in [-0.1, -0.05) is 12.1 Å². The predicted octanol–water partition coefficient (Wildman–Crippen LogP) is 3.65. The highest BCUT2D eigenvalue weighted by molar-refractivity contribution is 7.12. The van der Waals surface area contributed by atoms with E-state index in [1.165, 1.54) is 22.6 Å². The highest BCUT2D eigenvalue weighted by atomic mass is 32.1. The van der Waals surface area contributed by atoms with Crippen LogP contribution >= 0.6 is 11.3 Å². The van der Waals surface area contributed by atoms with E-state index in [0.717, 1.165) is 30.6 Å². The van der Waals surface area contributed by atoms with Crippen molar-refractivity contribution in [1.82, 2.24) is 5.32 Å². The lowest BCUT2D eigenvalue weighted by Gasteiger charge is -2.20. The largest absolute Gasteiger partial charge is 0.495 e. The van der Waals surface area contributed by atoms with E-state index in [-0.39, 0.29) is 0 Å². The van der Waals surface area contributed by atoms with Crippen LogP contribution in [0.25, 0.3) is 0 Å². The first kappa shape index (κ1) is 14.4. The zero-order valence-electron chi connectivity index (χ0n) is 12.6. The molecule has 1 aromatic heterocycles. The molecule has 0 bridgehead atoms. The van der Waals surface area contributed by atoms with E-state index >= 15 is 0 Å².